The molecule has 0 spiro atoms. The summed E-state index contributed by atoms with van der Waals surface area (Å²) in [7, 11) is 0. The van der Waals surface area contributed by atoms with E-state index in [-0.39, 0.29) is 6.54 Å². The summed E-state index contributed by atoms with van der Waals surface area (Å²) in [5.41, 5.74) is 2.06. The van der Waals surface area contributed by atoms with Crippen molar-refractivity contribution < 1.29 is 9.90 Å². The maximum atomic E-state index is 11.0. The molecule has 2 rings (SSSR count). The molecule has 1 heterocycles. The minimum absolute atomic E-state index is 0.0233. The second-order valence-electron chi connectivity index (χ2n) is 4.18. The Balaban J connectivity index is 2.09. The number of carbonyl (C=O) groups is 1. The molecular formula is C14H14ClNO2S. The highest BCUT2D eigenvalue weighted by Crippen LogP contribution is 2.20. The van der Waals surface area contributed by atoms with E-state index < -0.39 is 5.97 Å². The Morgan fingerprint density at radius 2 is 2.21 bits per heavy atom. The van der Waals surface area contributed by atoms with Crippen LogP contribution in [0.5, 0.6) is 0 Å². The summed E-state index contributed by atoms with van der Waals surface area (Å²) >= 11 is 7.60. The van der Waals surface area contributed by atoms with E-state index in [0.29, 0.717) is 11.6 Å². The van der Waals surface area contributed by atoms with Gasteiger partial charge in [-0.3, -0.25) is 4.79 Å². The van der Waals surface area contributed by atoms with Gasteiger partial charge in [-0.15, -0.1) is 0 Å². The smallest absolute Gasteiger partial charge is 0.323 e. The van der Waals surface area contributed by atoms with Gasteiger partial charge in [0.2, 0.25) is 0 Å². The van der Waals surface area contributed by atoms with E-state index in [1.54, 1.807) is 23.5 Å². The molecule has 100 valence electrons. The van der Waals surface area contributed by atoms with Gasteiger partial charge < -0.3 is 10.0 Å². The number of aliphatic carboxylic acids is 1. The lowest BCUT2D eigenvalue weighted by molar-refractivity contribution is -0.135. The quantitative estimate of drug-likeness (QED) is 0.886. The second-order valence-corrected chi connectivity index (χ2v) is 5.39. The summed E-state index contributed by atoms with van der Waals surface area (Å²) in [6.07, 6.45) is 0.823. The summed E-state index contributed by atoms with van der Waals surface area (Å²) in [5, 5.41) is 13.7. The molecule has 0 fully saturated rings. The highest BCUT2D eigenvalue weighted by molar-refractivity contribution is 7.07. The van der Waals surface area contributed by atoms with Crippen LogP contribution in [0.25, 0.3) is 0 Å². The fraction of sp³-hybridized carbons (Fsp3) is 0.214. The minimum atomic E-state index is -0.842. The second kappa shape index (κ2) is 6.59. The lowest BCUT2D eigenvalue weighted by Crippen LogP contribution is -2.31. The predicted molar refractivity (Wildman–Crippen MR) is 79.3 cm³/mol. The van der Waals surface area contributed by atoms with E-state index in [4.69, 9.17) is 16.7 Å². The van der Waals surface area contributed by atoms with E-state index in [1.807, 2.05) is 22.4 Å². The van der Waals surface area contributed by atoms with Crippen LogP contribution in [0.4, 0.5) is 5.69 Å². The first-order valence-electron chi connectivity index (χ1n) is 5.88. The summed E-state index contributed by atoms with van der Waals surface area (Å²) in [4.78, 5) is 12.8. The van der Waals surface area contributed by atoms with Crippen molar-refractivity contribution in [2.75, 3.05) is 18.0 Å². The zero-order valence-corrected chi connectivity index (χ0v) is 11.8. The first-order chi connectivity index (χ1) is 9.15. The Hall–Kier alpha value is -1.52. The number of carboxylic acid groups (broad SMARTS) is 1. The number of carboxylic acids is 1. The van der Waals surface area contributed by atoms with Gasteiger partial charge in [0.25, 0.3) is 0 Å². The van der Waals surface area contributed by atoms with E-state index in [2.05, 4.69) is 11.4 Å². The Morgan fingerprint density at radius 1 is 1.37 bits per heavy atom. The number of hydrogen-bond acceptors (Lipinski definition) is 3. The molecule has 1 N–H and O–H groups in total. The first kappa shape index (κ1) is 13.9. The highest BCUT2D eigenvalue weighted by atomic mass is 35.5. The van der Waals surface area contributed by atoms with Gasteiger partial charge >= 0.3 is 5.97 Å². The van der Waals surface area contributed by atoms with Crippen LogP contribution in [0.1, 0.15) is 5.56 Å². The molecule has 0 bridgehead atoms. The Labute approximate surface area is 121 Å². The molecule has 0 atom stereocenters. The molecule has 0 radical (unpaired) electrons. The van der Waals surface area contributed by atoms with E-state index >= 15 is 0 Å². The van der Waals surface area contributed by atoms with Crippen LogP contribution in [-0.2, 0) is 11.2 Å². The van der Waals surface area contributed by atoms with Crippen molar-refractivity contribution in [1.82, 2.24) is 0 Å². The Bertz CT molecular complexity index is 542. The topological polar surface area (TPSA) is 40.5 Å². The summed E-state index contributed by atoms with van der Waals surface area (Å²) in [5.74, 6) is -0.842. The van der Waals surface area contributed by atoms with Crippen molar-refractivity contribution in [3.63, 3.8) is 0 Å². The molecule has 19 heavy (non-hydrogen) atoms. The van der Waals surface area contributed by atoms with Crippen LogP contribution in [0.15, 0.2) is 41.1 Å². The summed E-state index contributed by atoms with van der Waals surface area (Å²) in [6, 6.07) is 9.34. The summed E-state index contributed by atoms with van der Waals surface area (Å²) in [6.45, 7) is 0.633. The molecule has 0 aliphatic heterocycles. The highest BCUT2D eigenvalue weighted by Gasteiger charge is 2.11. The maximum absolute atomic E-state index is 11.0. The average molecular weight is 296 g/mol. The molecule has 0 unspecified atom stereocenters. The molecule has 0 aliphatic carbocycles. The lowest BCUT2D eigenvalue weighted by atomic mass is 10.2. The van der Waals surface area contributed by atoms with Gasteiger partial charge in [-0.05, 0) is 47.0 Å². The number of benzene rings is 1. The van der Waals surface area contributed by atoms with Crippen LogP contribution in [0.2, 0.25) is 5.02 Å². The molecule has 1 aromatic heterocycles. The third-order valence-corrected chi connectivity index (χ3v) is 3.72. The van der Waals surface area contributed by atoms with Crippen molar-refractivity contribution >= 4 is 34.6 Å². The van der Waals surface area contributed by atoms with E-state index in [9.17, 15) is 4.79 Å². The van der Waals surface area contributed by atoms with Crippen LogP contribution in [0.3, 0.4) is 0 Å². The zero-order valence-electron chi connectivity index (χ0n) is 10.3. The van der Waals surface area contributed by atoms with Crippen molar-refractivity contribution in [3.8, 4) is 0 Å². The van der Waals surface area contributed by atoms with Gasteiger partial charge in [0.15, 0.2) is 0 Å². The minimum Gasteiger partial charge on any atom is -0.480 e. The fourth-order valence-electron chi connectivity index (χ4n) is 1.83. The first-order valence-corrected chi connectivity index (χ1v) is 7.20. The van der Waals surface area contributed by atoms with Gasteiger partial charge in [0.1, 0.15) is 6.54 Å². The van der Waals surface area contributed by atoms with Gasteiger partial charge in [-0.25, -0.2) is 0 Å². The molecule has 0 amide bonds. The fourth-order valence-corrected chi connectivity index (χ4v) is 2.72. The average Bonchev–Trinajstić information content (AvgIpc) is 2.87. The number of hydrogen-bond donors (Lipinski definition) is 1. The van der Waals surface area contributed by atoms with Crippen molar-refractivity contribution in [2.24, 2.45) is 0 Å². The molecule has 0 aliphatic rings. The zero-order chi connectivity index (χ0) is 13.7. The number of nitrogens with zero attached hydrogens (tertiary/aromatic N) is 1. The van der Waals surface area contributed by atoms with Crippen molar-refractivity contribution in [1.29, 1.82) is 0 Å². The maximum Gasteiger partial charge on any atom is 0.323 e. The van der Waals surface area contributed by atoms with Gasteiger partial charge in [-0.1, -0.05) is 17.7 Å². The van der Waals surface area contributed by atoms with Crippen molar-refractivity contribution in [2.45, 2.75) is 6.42 Å². The molecule has 0 saturated carbocycles. The number of thiophene rings is 1. The Kier molecular flexibility index (Phi) is 4.82. The molecule has 3 nitrogen and oxygen atoms in total. The SMILES string of the molecule is O=C(O)CN(CCc1ccsc1)c1cccc(Cl)c1. The Morgan fingerprint density at radius 3 is 2.84 bits per heavy atom. The van der Waals surface area contributed by atoms with Crippen LogP contribution >= 0.6 is 22.9 Å². The van der Waals surface area contributed by atoms with Gasteiger partial charge in [-0.2, -0.15) is 11.3 Å². The molecule has 5 heteroatoms. The normalized spacial score (nSPS) is 10.4. The van der Waals surface area contributed by atoms with Crippen LogP contribution < -0.4 is 4.90 Å². The van der Waals surface area contributed by atoms with Crippen molar-refractivity contribution in [3.05, 3.63) is 51.7 Å². The number of anilines is 1. The monoisotopic (exact) mass is 295 g/mol. The number of rotatable bonds is 6. The predicted octanol–water partition coefficient (Wildman–Crippen LogP) is 3.54. The molecular weight excluding hydrogens is 282 g/mol. The van der Waals surface area contributed by atoms with Crippen LogP contribution in [0, 0.1) is 0 Å². The molecule has 2 aromatic rings. The molecule has 1 aromatic carbocycles. The number of halogens is 1. The third-order valence-electron chi connectivity index (χ3n) is 2.75. The lowest BCUT2D eigenvalue weighted by Gasteiger charge is -2.22. The van der Waals surface area contributed by atoms with Gasteiger partial charge in [0, 0.05) is 17.3 Å². The van der Waals surface area contributed by atoms with Gasteiger partial charge in [0.05, 0.1) is 0 Å². The summed E-state index contributed by atoms with van der Waals surface area (Å²) < 4.78 is 0. The largest absolute Gasteiger partial charge is 0.480 e. The molecule has 0 saturated heterocycles. The standard InChI is InChI=1S/C14H14ClNO2S/c15-12-2-1-3-13(8-12)16(9-14(17)18)6-4-11-5-7-19-10-11/h1-3,5,7-8,10H,4,6,9H2,(H,17,18). The third kappa shape index (κ3) is 4.26. The van der Waals surface area contributed by atoms with E-state index in [0.717, 1.165) is 12.1 Å². The van der Waals surface area contributed by atoms with Crippen LogP contribution in [-0.4, -0.2) is 24.2 Å². The van der Waals surface area contributed by atoms with E-state index in [1.165, 1.54) is 5.56 Å².